The molecular weight excluding hydrogens is 210 g/mol. The number of hydrogen-bond acceptors (Lipinski definition) is 4. The number of aromatic nitrogens is 2. The van der Waals surface area contributed by atoms with Crippen molar-refractivity contribution in [2.24, 2.45) is 0 Å². The van der Waals surface area contributed by atoms with Gasteiger partial charge in [-0.1, -0.05) is 0 Å². The lowest BCUT2D eigenvalue weighted by atomic mass is 10.2. The number of imidazole rings is 1. The highest BCUT2D eigenvalue weighted by Gasteiger charge is 2.19. The number of ketones is 1. The predicted molar refractivity (Wildman–Crippen MR) is 56.6 cm³/mol. The van der Waals surface area contributed by atoms with Crippen molar-refractivity contribution < 1.29 is 9.72 Å². The maximum Gasteiger partial charge on any atom is 0.389 e. The summed E-state index contributed by atoms with van der Waals surface area (Å²) in [6.45, 7) is 3.09. The first kappa shape index (κ1) is 10.3. The molecule has 16 heavy (non-hydrogen) atoms. The van der Waals surface area contributed by atoms with Gasteiger partial charge in [0.25, 0.3) is 0 Å². The van der Waals surface area contributed by atoms with E-state index >= 15 is 0 Å². The molecule has 6 heteroatoms. The lowest BCUT2D eigenvalue weighted by molar-refractivity contribution is -0.387. The first-order valence-electron chi connectivity index (χ1n) is 4.64. The van der Waals surface area contributed by atoms with E-state index in [9.17, 15) is 14.9 Å². The lowest BCUT2D eigenvalue weighted by Gasteiger charge is -1.97. The minimum absolute atomic E-state index is 0.129. The molecule has 0 bridgehead atoms. The molecule has 0 aromatic carbocycles. The maximum atomic E-state index is 11.2. The standard InChI is InChI=1S/C10H9N3O3/c1-6(14)8-3-4-12-7(2)11-10(13(15)16)9(12)5-8/h3-5H,1-2H3. The number of carbonyl (C=O) groups is 1. The smallest absolute Gasteiger partial charge is 0.358 e. The lowest BCUT2D eigenvalue weighted by Crippen LogP contribution is -1.95. The Hall–Kier alpha value is -2.24. The number of pyridine rings is 1. The van der Waals surface area contributed by atoms with Crippen LogP contribution in [0, 0.1) is 17.0 Å². The van der Waals surface area contributed by atoms with Crippen LogP contribution < -0.4 is 0 Å². The zero-order chi connectivity index (χ0) is 11.9. The minimum atomic E-state index is -0.549. The number of hydrogen-bond donors (Lipinski definition) is 0. The summed E-state index contributed by atoms with van der Waals surface area (Å²) in [4.78, 5) is 25.2. The van der Waals surface area contributed by atoms with Crippen molar-refractivity contribution in [3.8, 4) is 0 Å². The van der Waals surface area contributed by atoms with Gasteiger partial charge in [0.2, 0.25) is 5.82 Å². The Labute approximate surface area is 90.7 Å². The third-order valence-corrected chi connectivity index (χ3v) is 2.38. The Morgan fingerprint density at radius 1 is 1.56 bits per heavy atom. The van der Waals surface area contributed by atoms with Crippen LogP contribution in [0.1, 0.15) is 23.1 Å². The molecule has 0 aliphatic heterocycles. The number of nitro groups is 1. The maximum absolute atomic E-state index is 11.2. The molecule has 2 aromatic heterocycles. The molecule has 0 atom stereocenters. The number of carbonyl (C=O) groups excluding carboxylic acids is 1. The van der Waals surface area contributed by atoms with E-state index in [1.807, 2.05) is 0 Å². The minimum Gasteiger partial charge on any atom is -0.358 e. The van der Waals surface area contributed by atoms with Crippen LogP contribution in [-0.4, -0.2) is 20.1 Å². The van der Waals surface area contributed by atoms with E-state index < -0.39 is 4.92 Å². The van der Waals surface area contributed by atoms with Gasteiger partial charge in [0, 0.05) is 18.7 Å². The summed E-state index contributed by atoms with van der Waals surface area (Å²) in [6, 6.07) is 3.11. The van der Waals surface area contributed by atoms with Crippen LogP contribution in [0.3, 0.4) is 0 Å². The Balaban J connectivity index is 2.79. The highest BCUT2D eigenvalue weighted by Crippen LogP contribution is 2.21. The van der Waals surface area contributed by atoms with Crippen LogP contribution in [0.25, 0.3) is 5.52 Å². The van der Waals surface area contributed by atoms with Crippen molar-refractivity contribution in [2.75, 3.05) is 0 Å². The van der Waals surface area contributed by atoms with Crippen LogP contribution in [0.5, 0.6) is 0 Å². The number of fused-ring (bicyclic) bond motifs is 1. The molecule has 0 aliphatic rings. The quantitative estimate of drug-likeness (QED) is 0.438. The fourth-order valence-corrected chi connectivity index (χ4v) is 1.57. The monoisotopic (exact) mass is 219 g/mol. The molecular formula is C10H9N3O3. The Morgan fingerprint density at radius 3 is 2.81 bits per heavy atom. The van der Waals surface area contributed by atoms with Crippen LogP contribution in [0.15, 0.2) is 18.3 Å². The van der Waals surface area contributed by atoms with Gasteiger partial charge in [-0.3, -0.25) is 9.20 Å². The zero-order valence-electron chi connectivity index (χ0n) is 8.80. The highest BCUT2D eigenvalue weighted by molar-refractivity contribution is 5.95. The first-order chi connectivity index (χ1) is 7.50. The van der Waals surface area contributed by atoms with Crippen molar-refractivity contribution in [2.45, 2.75) is 13.8 Å². The van der Waals surface area contributed by atoms with Crippen molar-refractivity contribution >= 4 is 17.1 Å². The largest absolute Gasteiger partial charge is 0.389 e. The van der Waals surface area contributed by atoms with Gasteiger partial charge in [-0.15, -0.1) is 0 Å². The van der Waals surface area contributed by atoms with Crippen LogP contribution in [0.2, 0.25) is 0 Å². The topological polar surface area (TPSA) is 77.5 Å². The van der Waals surface area contributed by atoms with Crippen molar-refractivity contribution in [3.63, 3.8) is 0 Å². The van der Waals surface area contributed by atoms with Crippen LogP contribution >= 0.6 is 0 Å². The fourth-order valence-electron chi connectivity index (χ4n) is 1.57. The third kappa shape index (κ3) is 1.44. The molecule has 82 valence electrons. The molecule has 6 nitrogen and oxygen atoms in total. The van der Waals surface area contributed by atoms with Gasteiger partial charge < -0.3 is 10.1 Å². The van der Waals surface area contributed by atoms with Gasteiger partial charge in [-0.05, 0) is 29.0 Å². The van der Waals surface area contributed by atoms with Gasteiger partial charge >= 0.3 is 5.82 Å². The summed E-state index contributed by atoms with van der Waals surface area (Å²) in [6.07, 6.45) is 1.61. The van der Waals surface area contributed by atoms with E-state index in [-0.39, 0.29) is 11.6 Å². The molecule has 2 rings (SSSR count). The Morgan fingerprint density at radius 2 is 2.25 bits per heavy atom. The van der Waals surface area contributed by atoms with Gasteiger partial charge in [0.05, 0.1) is 0 Å². The average molecular weight is 219 g/mol. The van der Waals surface area contributed by atoms with Crippen molar-refractivity contribution in [1.29, 1.82) is 0 Å². The van der Waals surface area contributed by atoms with Gasteiger partial charge in [0.15, 0.2) is 5.78 Å². The highest BCUT2D eigenvalue weighted by atomic mass is 16.6. The molecule has 0 saturated carbocycles. The third-order valence-electron chi connectivity index (χ3n) is 2.38. The summed E-state index contributed by atoms with van der Waals surface area (Å²) < 4.78 is 1.59. The fraction of sp³-hybridized carbons (Fsp3) is 0.200. The zero-order valence-corrected chi connectivity index (χ0v) is 8.80. The predicted octanol–water partition coefficient (Wildman–Crippen LogP) is 1.75. The van der Waals surface area contributed by atoms with Crippen molar-refractivity contribution in [1.82, 2.24) is 9.38 Å². The second kappa shape index (κ2) is 3.41. The molecule has 0 saturated heterocycles. The summed E-state index contributed by atoms with van der Waals surface area (Å²) in [7, 11) is 0. The van der Waals surface area contributed by atoms with E-state index in [1.54, 1.807) is 23.6 Å². The van der Waals surface area contributed by atoms with E-state index in [0.29, 0.717) is 16.9 Å². The van der Waals surface area contributed by atoms with E-state index in [2.05, 4.69) is 4.98 Å². The number of nitrogens with zero attached hydrogens (tertiary/aromatic N) is 3. The summed E-state index contributed by atoms with van der Waals surface area (Å²) in [5.41, 5.74) is 0.783. The number of Topliss-reactive ketones (excluding diaryl/α,β-unsaturated/α-hetero) is 1. The number of rotatable bonds is 2. The van der Waals surface area contributed by atoms with Crippen LogP contribution in [0.4, 0.5) is 5.82 Å². The molecule has 0 fully saturated rings. The van der Waals surface area contributed by atoms with Gasteiger partial charge in [-0.2, -0.15) is 0 Å². The van der Waals surface area contributed by atoms with Gasteiger partial charge in [0.1, 0.15) is 5.52 Å². The molecule has 0 radical (unpaired) electrons. The molecule has 2 aromatic rings. The van der Waals surface area contributed by atoms with Crippen molar-refractivity contribution in [3.05, 3.63) is 39.8 Å². The summed E-state index contributed by atoms with van der Waals surface area (Å²) >= 11 is 0. The summed E-state index contributed by atoms with van der Waals surface area (Å²) in [5, 5.41) is 10.8. The summed E-state index contributed by atoms with van der Waals surface area (Å²) in [5.74, 6) is 0.174. The van der Waals surface area contributed by atoms with E-state index in [0.717, 1.165) is 0 Å². The SMILES string of the molecule is CC(=O)c1ccn2c(C)nc([N+](=O)[O-])c2c1. The number of aryl methyl sites for hydroxylation is 1. The normalized spacial score (nSPS) is 10.6. The van der Waals surface area contributed by atoms with Crippen LogP contribution in [-0.2, 0) is 0 Å². The van der Waals surface area contributed by atoms with Gasteiger partial charge in [-0.25, -0.2) is 0 Å². The molecule has 0 aliphatic carbocycles. The second-order valence-electron chi connectivity index (χ2n) is 3.47. The molecule has 0 N–H and O–H groups in total. The Kier molecular flexibility index (Phi) is 2.19. The Bertz CT molecular complexity index is 601. The van der Waals surface area contributed by atoms with E-state index in [1.165, 1.54) is 13.0 Å². The molecule has 0 amide bonds. The molecule has 0 spiro atoms. The molecule has 0 unspecified atom stereocenters. The molecule has 2 heterocycles. The average Bonchev–Trinajstić information content (AvgIpc) is 2.56. The first-order valence-corrected chi connectivity index (χ1v) is 4.64. The van der Waals surface area contributed by atoms with E-state index in [4.69, 9.17) is 0 Å². The second-order valence-corrected chi connectivity index (χ2v) is 3.47.